The van der Waals surface area contributed by atoms with Crippen molar-refractivity contribution in [3.05, 3.63) is 40.4 Å². The number of anilines is 1. The number of hydrogen-bond donors (Lipinski definition) is 1. The van der Waals surface area contributed by atoms with Gasteiger partial charge < -0.3 is 5.32 Å². The Labute approximate surface area is 166 Å². The van der Waals surface area contributed by atoms with Gasteiger partial charge in [0.1, 0.15) is 6.04 Å². The number of allylic oxidation sites excluding steroid dienone is 2. The third-order valence-electron chi connectivity index (χ3n) is 6.65. The summed E-state index contributed by atoms with van der Waals surface area (Å²) >= 11 is 12.1. The molecule has 1 aromatic rings. The third kappa shape index (κ3) is 2.41. The lowest BCUT2D eigenvalue weighted by Crippen LogP contribution is -2.46. The van der Waals surface area contributed by atoms with Crippen LogP contribution in [-0.2, 0) is 14.4 Å². The van der Waals surface area contributed by atoms with E-state index in [0.29, 0.717) is 27.6 Å². The first-order valence-corrected chi connectivity index (χ1v) is 9.95. The average Bonchev–Trinajstić information content (AvgIpc) is 3.42. The van der Waals surface area contributed by atoms with Crippen molar-refractivity contribution in [2.24, 2.45) is 35.5 Å². The molecule has 3 fully saturated rings. The predicted octanol–water partition coefficient (Wildman–Crippen LogP) is 3.37. The Hall–Kier alpha value is -1.85. The van der Waals surface area contributed by atoms with Crippen molar-refractivity contribution in [3.63, 3.8) is 0 Å². The molecule has 0 radical (unpaired) electrons. The normalized spacial score (nSPS) is 36.5. The number of amides is 3. The largest absolute Gasteiger partial charge is 0.323 e. The van der Waals surface area contributed by atoms with Crippen LogP contribution >= 0.6 is 23.2 Å². The molecule has 1 saturated heterocycles. The zero-order valence-corrected chi connectivity index (χ0v) is 16.1. The highest BCUT2D eigenvalue weighted by Gasteiger charge is 2.67. The van der Waals surface area contributed by atoms with E-state index in [0.717, 1.165) is 6.42 Å². The zero-order valence-electron chi connectivity index (χ0n) is 14.6. The van der Waals surface area contributed by atoms with Gasteiger partial charge in [-0.3, -0.25) is 19.3 Å². The van der Waals surface area contributed by atoms with E-state index in [1.54, 1.807) is 25.1 Å². The van der Waals surface area contributed by atoms with Crippen LogP contribution in [0.25, 0.3) is 0 Å². The summed E-state index contributed by atoms with van der Waals surface area (Å²) in [6, 6.07) is 3.84. The molecule has 7 heteroatoms. The molecule has 2 saturated carbocycles. The molecule has 5 nitrogen and oxygen atoms in total. The average molecular weight is 405 g/mol. The molecule has 4 aliphatic carbocycles. The molecule has 1 aliphatic heterocycles. The maximum Gasteiger partial charge on any atom is 0.247 e. The zero-order chi connectivity index (χ0) is 19.0. The highest BCUT2D eigenvalue weighted by atomic mass is 35.5. The van der Waals surface area contributed by atoms with Crippen molar-refractivity contribution < 1.29 is 14.4 Å². The molecule has 0 unspecified atom stereocenters. The molecule has 6 rings (SSSR count). The number of halogens is 2. The molecule has 3 amide bonds. The molecule has 1 heterocycles. The number of carbonyl (C=O) groups is 3. The van der Waals surface area contributed by atoms with Crippen LogP contribution in [0.2, 0.25) is 10.0 Å². The van der Waals surface area contributed by atoms with E-state index in [-0.39, 0.29) is 35.5 Å². The monoisotopic (exact) mass is 404 g/mol. The van der Waals surface area contributed by atoms with Crippen LogP contribution in [0, 0.1) is 35.5 Å². The standard InChI is InChI=1S/C20H18Cl2N2O3/c1-8(18(25)23-15-6-9(21)2-5-14(15)22)24-19(26)16-10-3-4-11(13-7-12(10)13)17(16)20(24)27/h2-6,8,10-13,16-17H,7H2,1H3,(H,23,25)/t8-,10-,11-,12-,13-,16-,17+/m1/s1. The molecular weight excluding hydrogens is 387 g/mol. The van der Waals surface area contributed by atoms with Crippen molar-refractivity contribution in [2.45, 2.75) is 19.4 Å². The minimum absolute atomic E-state index is 0.143. The maximum absolute atomic E-state index is 13.1. The van der Waals surface area contributed by atoms with Crippen molar-refractivity contribution >= 4 is 46.6 Å². The quantitative estimate of drug-likeness (QED) is 0.620. The highest BCUT2D eigenvalue weighted by Crippen LogP contribution is 2.65. The number of rotatable bonds is 3. The molecule has 2 bridgehead atoms. The molecule has 5 aliphatic rings. The second kappa shape index (κ2) is 5.82. The van der Waals surface area contributed by atoms with Crippen LogP contribution in [0.4, 0.5) is 5.69 Å². The summed E-state index contributed by atoms with van der Waals surface area (Å²) in [7, 11) is 0. The van der Waals surface area contributed by atoms with E-state index >= 15 is 0 Å². The van der Waals surface area contributed by atoms with E-state index in [1.165, 1.54) is 4.90 Å². The first-order chi connectivity index (χ1) is 12.9. The lowest BCUT2D eigenvalue weighted by Gasteiger charge is -2.37. The summed E-state index contributed by atoms with van der Waals surface area (Å²) in [4.78, 5) is 40.0. The minimum Gasteiger partial charge on any atom is -0.323 e. The topological polar surface area (TPSA) is 66.5 Å². The SMILES string of the molecule is C[C@H](C(=O)Nc1cc(Cl)ccc1Cl)N1C(=O)[C@@H]2[C@@H]3C=C[C@H]([C@H]4C[C@H]34)[C@@H]2C1=O. The number of carbonyl (C=O) groups excluding carboxylic acids is 3. The molecule has 0 aromatic heterocycles. The van der Waals surface area contributed by atoms with E-state index in [4.69, 9.17) is 23.2 Å². The molecule has 1 aromatic carbocycles. The van der Waals surface area contributed by atoms with Crippen LogP contribution in [0.3, 0.4) is 0 Å². The van der Waals surface area contributed by atoms with Gasteiger partial charge in [-0.15, -0.1) is 0 Å². The van der Waals surface area contributed by atoms with E-state index < -0.39 is 11.9 Å². The van der Waals surface area contributed by atoms with Gasteiger partial charge in [0, 0.05) is 5.02 Å². The van der Waals surface area contributed by atoms with Gasteiger partial charge in [-0.1, -0.05) is 35.4 Å². The van der Waals surface area contributed by atoms with E-state index in [1.807, 2.05) is 0 Å². The number of imide groups is 1. The number of benzene rings is 1. The fraction of sp³-hybridized carbons (Fsp3) is 0.450. The lowest BCUT2D eigenvalue weighted by molar-refractivity contribution is -0.146. The Kier molecular flexibility index (Phi) is 3.72. The first-order valence-electron chi connectivity index (χ1n) is 9.19. The molecule has 1 N–H and O–H groups in total. The van der Waals surface area contributed by atoms with Crippen molar-refractivity contribution in [1.29, 1.82) is 0 Å². The van der Waals surface area contributed by atoms with Crippen molar-refractivity contribution in [1.82, 2.24) is 4.90 Å². The summed E-state index contributed by atoms with van der Waals surface area (Å²) in [5.74, 6) is -0.135. The predicted molar refractivity (Wildman–Crippen MR) is 101 cm³/mol. The van der Waals surface area contributed by atoms with Crippen LogP contribution in [-0.4, -0.2) is 28.7 Å². The van der Waals surface area contributed by atoms with Crippen molar-refractivity contribution in [3.8, 4) is 0 Å². The summed E-state index contributed by atoms with van der Waals surface area (Å²) in [6.45, 7) is 1.58. The molecule has 7 atom stereocenters. The van der Waals surface area contributed by atoms with E-state index in [9.17, 15) is 14.4 Å². The van der Waals surface area contributed by atoms with Crippen molar-refractivity contribution in [2.75, 3.05) is 5.32 Å². The number of hydrogen-bond acceptors (Lipinski definition) is 3. The van der Waals surface area contributed by atoms with Gasteiger partial charge >= 0.3 is 0 Å². The first kappa shape index (κ1) is 17.3. The van der Waals surface area contributed by atoms with Gasteiger partial charge in [-0.05, 0) is 55.2 Å². The number of nitrogens with zero attached hydrogens (tertiary/aromatic N) is 1. The van der Waals surface area contributed by atoms with Gasteiger partial charge in [0.2, 0.25) is 17.7 Å². The Morgan fingerprint density at radius 2 is 1.70 bits per heavy atom. The van der Waals surface area contributed by atoms with Crippen LogP contribution in [0.15, 0.2) is 30.4 Å². The van der Waals surface area contributed by atoms with Gasteiger partial charge in [-0.25, -0.2) is 0 Å². The molecular formula is C20H18Cl2N2O3. The summed E-state index contributed by atoms with van der Waals surface area (Å²) in [5, 5.41) is 3.47. The Balaban J connectivity index is 1.39. The number of likely N-dealkylation sites (tertiary alicyclic amines) is 1. The van der Waals surface area contributed by atoms with Crippen LogP contribution < -0.4 is 5.32 Å². The molecule has 140 valence electrons. The second-order valence-electron chi connectivity index (χ2n) is 7.99. The smallest absolute Gasteiger partial charge is 0.247 e. The van der Waals surface area contributed by atoms with Gasteiger partial charge in [-0.2, -0.15) is 0 Å². The Morgan fingerprint density at radius 1 is 1.11 bits per heavy atom. The summed E-state index contributed by atoms with van der Waals surface area (Å²) in [5.41, 5.74) is 0.362. The van der Waals surface area contributed by atoms with Gasteiger partial charge in [0.15, 0.2) is 0 Å². The lowest BCUT2D eigenvalue weighted by atomic mass is 9.63. The molecule has 27 heavy (non-hydrogen) atoms. The van der Waals surface area contributed by atoms with Gasteiger partial charge in [0.25, 0.3) is 0 Å². The second-order valence-corrected chi connectivity index (χ2v) is 8.83. The fourth-order valence-corrected chi connectivity index (χ4v) is 5.65. The maximum atomic E-state index is 13.1. The Morgan fingerprint density at radius 3 is 2.30 bits per heavy atom. The number of nitrogens with one attached hydrogen (secondary N) is 1. The summed E-state index contributed by atoms with van der Waals surface area (Å²) in [6.07, 6.45) is 5.34. The van der Waals surface area contributed by atoms with Gasteiger partial charge in [0.05, 0.1) is 22.5 Å². The summed E-state index contributed by atoms with van der Waals surface area (Å²) < 4.78 is 0. The third-order valence-corrected chi connectivity index (χ3v) is 7.21. The minimum atomic E-state index is -0.902. The Bertz CT molecular complexity index is 878. The fourth-order valence-electron chi connectivity index (χ4n) is 5.31. The molecule has 0 spiro atoms. The van der Waals surface area contributed by atoms with Crippen LogP contribution in [0.1, 0.15) is 13.3 Å². The van der Waals surface area contributed by atoms with Crippen LogP contribution in [0.5, 0.6) is 0 Å². The highest BCUT2D eigenvalue weighted by molar-refractivity contribution is 6.35. The van der Waals surface area contributed by atoms with E-state index in [2.05, 4.69) is 17.5 Å².